The van der Waals surface area contributed by atoms with Gasteiger partial charge in [-0.2, -0.15) is 0 Å². The fourth-order valence-corrected chi connectivity index (χ4v) is 4.61. The van der Waals surface area contributed by atoms with E-state index >= 15 is 0 Å². The van der Waals surface area contributed by atoms with Gasteiger partial charge in [-0.1, -0.05) is 25.2 Å². The first-order valence-electron chi connectivity index (χ1n) is 10.6. The van der Waals surface area contributed by atoms with E-state index in [-0.39, 0.29) is 11.8 Å². The molecule has 158 valence electrons. The normalized spacial score (nSPS) is 14.4. The average molecular weight is 418 g/mol. The predicted molar refractivity (Wildman–Crippen MR) is 117 cm³/mol. The number of carbonyl (C=O) groups excluding carboxylic acids is 2. The number of carbonyl (C=O) groups is 2. The summed E-state index contributed by atoms with van der Waals surface area (Å²) in [5.41, 5.74) is 0.927. The van der Waals surface area contributed by atoms with Gasteiger partial charge in [0.2, 0.25) is 11.8 Å². The van der Waals surface area contributed by atoms with Crippen molar-refractivity contribution in [1.82, 2.24) is 19.8 Å². The lowest BCUT2D eigenvalue weighted by Crippen LogP contribution is -2.48. The third-order valence-corrected chi connectivity index (χ3v) is 6.22. The summed E-state index contributed by atoms with van der Waals surface area (Å²) in [7, 11) is 0. The highest BCUT2D eigenvalue weighted by Crippen LogP contribution is 2.27. The monoisotopic (exact) mass is 417 g/mol. The number of hydrogen-bond donors (Lipinski definition) is 0. The molecule has 8 heteroatoms. The number of pyridine rings is 1. The zero-order chi connectivity index (χ0) is 20.6. The van der Waals surface area contributed by atoms with Gasteiger partial charge in [0, 0.05) is 58.3 Å². The quantitative estimate of drug-likeness (QED) is 0.627. The molecule has 3 rings (SSSR count). The first-order chi connectivity index (χ1) is 14.1. The lowest BCUT2D eigenvalue weighted by atomic mass is 10.2. The van der Waals surface area contributed by atoms with Gasteiger partial charge in [0.15, 0.2) is 5.13 Å². The molecule has 2 amide bonds. The van der Waals surface area contributed by atoms with Crippen molar-refractivity contribution in [2.75, 3.05) is 44.2 Å². The molecule has 0 radical (unpaired) electrons. The summed E-state index contributed by atoms with van der Waals surface area (Å²) in [4.78, 5) is 40.9. The maximum absolute atomic E-state index is 12.5. The number of nitrogens with zero attached hydrogens (tertiary/aromatic N) is 5. The summed E-state index contributed by atoms with van der Waals surface area (Å²) in [6.45, 7) is 8.76. The molecule has 1 saturated heterocycles. The Morgan fingerprint density at radius 1 is 1.10 bits per heavy atom. The Kier molecular flexibility index (Phi) is 7.80. The minimum absolute atomic E-state index is 0.154. The maximum atomic E-state index is 12.5. The summed E-state index contributed by atoms with van der Waals surface area (Å²) in [6, 6.07) is 3.88. The molecule has 2 aromatic heterocycles. The van der Waals surface area contributed by atoms with Crippen LogP contribution in [0.2, 0.25) is 0 Å². The van der Waals surface area contributed by atoms with Gasteiger partial charge in [0.1, 0.15) is 10.3 Å². The Labute approximate surface area is 176 Å². The zero-order valence-corrected chi connectivity index (χ0v) is 18.3. The molecule has 7 nitrogen and oxygen atoms in total. The number of rotatable bonds is 9. The third-order valence-electron chi connectivity index (χ3n) is 5.18. The van der Waals surface area contributed by atoms with Crippen molar-refractivity contribution >= 4 is 38.6 Å². The molecule has 0 spiro atoms. The molecular weight excluding hydrogens is 386 g/mol. The molecule has 0 unspecified atom stereocenters. The molecule has 0 bridgehead atoms. The van der Waals surface area contributed by atoms with E-state index in [1.54, 1.807) is 17.5 Å². The first-order valence-corrected chi connectivity index (χ1v) is 11.5. The topological polar surface area (TPSA) is 69.6 Å². The molecule has 0 aliphatic carbocycles. The molecule has 3 heterocycles. The average Bonchev–Trinajstić information content (AvgIpc) is 3.18. The van der Waals surface area contributed by atoms with Crippen LogP contribution in [-0.2, 0) is 9.59 Å². The highest BCUT2D eigenvalue weighted by atomic mass is 32.1. The highest BCUT2D eigenvalue weighted by molar-refractivity contribution is 7.21. The molecule has 1 aliphatic heterocycles. The fraction of sp³-hybridized carbons (Fsp3) is 0.619. The Bertz CT molecular complexity index is 777. The van der Waals surface area contributed by atoms with Crippen LogP contribution in [0.4, 0.5) is 5.13 Å². The maximum Gasteiger partial charge on any atom is 0.222 e. The van der Waals surface area contributed by atoms with Gasteiger partial charge < -0.3 is 14.7 Å². The van der Waals surface area contributed by atoms with E-state index in [0.717, 1.165) is 54.5 Å². The first kappa shape index (κ1) is 21.5. The SMILES string of the molecule is CCCN(CCC)C(=O)CCCC(=O)N1CCN(c2nc3cccnc3s2)CC1. The molecule has 2 aromatic rings. The minimum Gasteiger partial charge on any atom is -0.344 e. The van der Waals surface area contributed by atoms with Crippen LogP contribution in [0, 0.1) is 0 Å². The van der Waals surface area contributed by atoms with Crippen LogP contribution in [0.15, 0.2) is 18.3 Å². The van der Waals surface area contributed by atoms with Gasteiger partial charge in [-0.15, -0.1) is 0 Å². The van der Waals surface area contributed by atoms with Crippen LogP contribution < -0.4 is 4.90 Å². The van der Waals surface area contributed by atoms with Crippen LogP contribution in [0.1, 0.15) is 46.0 Å². The summed E-state index contributed by atoms with van der Waals surface area (Å²) in [6.07, 6.45) is 5.27. The number of thiazole rings is 1. The van der Waals surface area contributed by atoms with Gasteiger partial charge in [-0.25, -0.2) is 9.97 Å². The summed E-state index contributed by atoms with van der Waals surface area (Å²) in [5.74, 6) is 0.330. The highest BCUT2D eigenvalue weighted by Gasteiger charge is 2.23. The van der Waals surface area contributed by atoms with Gasteiger partial charge in [0.05, 0.1) is 0 Å². The van der Waals surface area contributed by atoms with Crippen LogP contribution in [0.5, 0.6) is 0 Å². The molecule has 0 aromatic carbocycles. The van der Waals surface area contributed by atoms with E-state index in [2.05, 4.69) is 28.7 Å². The van der Waals surface area contributed by atoms with Crippen molar-refractivity contribution in [2.24, 2.45) is 0 Å². The van der Waals surface area contributed by atoms with Crippen molar-refractivity contribution in [3.05, 3.63) is 18.3 Å². The summed E-state index contributed by atoms with van der Waals surface area (Å²) < 4.78 is 0. The van der Waals surface area contributed by atoms with Gasteiger partial charge in [0.25, 0.3) is 0 Å². The lowest BCUT2D eigenvalue weighted by Gasteiger charge is -2.34. The molecule has 1 fully saturated rings. The fourth-order valence-electron chi connectivity index (χ4n) is 3.65. The summed E-state index contributed by atoms with van der Waals surface area (Å²) in [5, 5.41) is 0.975. The predicted octanol–water partition coefficient (Wildman–Crippen LogP) is 3.16. The van der Waals surface area contributed by atoms with E-state index in [4.69, 9.17) is 0 Å². The van der Waals surface area contributed by atoms with Crippen molar-refractivity contribution in [3.8, 4) is 0 Å². The Balaban J connectivity index is 1.42. The number of amides is 2. The number of aromatic nitrogens is 2. The van der Waals surface area contributed by atoms with Gasteiger partial charge >= 0.3 is 0 Å². The second-order valence-corrected chi connectivity index (χ2v) is 8.38. The smallest absolute Gasteiger partial charge is 0.222 e. The summed E-state index contributed by atoms with van der Waals surface area (Å²) >= 11 is 1.60. The minimum atomic E-state index is 0.154. The van der Waals surface area contributed by atoms with Crippen molar-refractivity contribution in [1.29, 1.82) is 0 Å². The molecular formula is C21H31N5O2S. The largest absolute Gasteiger partial charge is 0.344 e. The van der Waals surface area contributed by atoms with Crippen molar-refractivity contribution < 1.29 is 9.59 Å². The van der Waals surface area contributed by atoms with Gasteiger partial charge in [-0.3, -0.25) is 9.59 Å². The van der Waals surface area contributed by atoms with E-state index < -0.39 is 0 Å². The Morgan fingerprint density at radius 3 is 2.48 bits per heavy atom. The number of piperazine rings is 1. The number of anilines is 1. The van der Waals surface area contributed by atoms with E-state index in [9.17, 15) is 9.59 Å². The zero-order valence-electron chi connectivity index (χ0n) is 17.5. The molecule has 29 heavy (non-hydrogen) atoms. The van der Waals surface area contributed by atoms with E-state index in [1.165, 1.54) is 0 Å². The number of hydrogen-bond acceptors (Lipinski definition) is 6. The van der Waals surface area contributed by atoms with Crippen LogP contribution in [0.3, 0.4) is 0 Å². The molecule has 0 saturated carbocycles. The Morgan fingerprint density at radius 2 is 1.83 bits per heavy atom. The Hall–Kier alpha value is -2.22. The molecule has 1 aliphatic rings. The third kappa shape index (κ3) is 5.65. The van der Waals surface area contributed by atoms with Crippen LogP contribution in [-0.4, -0.2) is 70.9 Å². The molecule has 0 atom stereocenters. The second kappa shape index (κ2) is 10.5. The lowest BCUT2D eigenvalue weighted by molar-refractivity contribution is -0.133. The van der Waals surface area contributed by atoms with Crippen molar-refractivity contribution in [2.45, 2.75) is 46.0 Å². The van der Waals surface area contributed by atoms with Crippen LogP contribution in [0.25, 0.3) is 10.3 Å². The standard InChI is InChI=1S/C21H31N5O2S/c1-3-11-24(12-4-2)18(27)8-5-9-19(28)25-13-15-26(16-14-25)21-23-17-7-6-10-22-20(17)29-21/h6-7,10H,3-5,8-9,11-16H2,1-2H3. The van der Waals surface area contributed by atoms with E-state index in [0.29, 0.717) is 32.4 Å². The molecule has 0 N–H and O–H groups in total. The van der Waals surface area contributed by atoms with Gasteiger partial charge in [-0.05, 0) is 31.4 Å². The number of fused-ring (bicyclic) bond motifs is 1. The van der Waals surface area contributed by atoms with Crippen LogP contribution >= 0.6 is 11.3 Å². The van der Waals surface area contributed by atoms with Crippen molar-refractivity contribution in [3.63, 3.8) is 0 Å². The van der Waals surface area contributed by atoms with E-state index in [1.807, 2.05) is 21.9 Å². The second-order valence-electron chi connectivity index (χ2n) is 7.43.